The maximum absolute atomic E-state index is 3.89. The van der Waals surface area contributed by atoms with E-state index in [9.17, 15) is 0 Å². The first kappa shape index (κ1) is 28.8. The van der Waals surface area contributed by atoms with Crippen LogP contribution in [0.3, 0.4) is 0 Å². The lowest BCUT2D eigenvalue weighted by Crippen LogP contribution is -2.41. The molecule has 0 fully saturated rings. The van der Waals surface area contributed by atoms with Crippen molar-refractivity contribution in [3.63, 3.8) is 0 Å². The highest BCUT2D eigenvalue weighted by molar-refractivity contribution is 7.26. The molecule has 4 heterocycles. The van der Waals surface area contributed by atoms with E-state index in [-0.39, 0.29) is 0 Å². The van der Waals surface area contributed by atoms with Crippen molar-refractivity contribution in [1.82, 2.24) is 4.98 Å². The highest BCUT2D eigenvalue weighted by atomic mass is 32.1. The SMILES string of the molecule is Cc1cc(-c2cccc3c2[nH]c2cc4ccccc4cc23)c2c(c1)N(c1ccc3sc4ccccc4c3c1)c1cc3c(cc1B2)sc1ccccc13. The lowest BCUT2D eigenvalue weighted by Gasteiger charge is -2.35. The molecular weight excluding hydrogens is 667 g/mol. The maximum atomic E-state index is 3.89. The molecule has 3 aromatic heterocycles. The molecule has 0 aliphatic carbocycles. The number of aromatic nitrogens is 1. The fourth-order valence-corrected chi connectivity index (χ4v) is 11.1. The van der Waals surface area contributed by atoms with Gasteiger partial charge in [0.25, 0.3) is 0 Å². The van der Waals surface area contributed by atoms with Crippen LogP contribution >= 0.6 is 22.7 Å². The molecule has 0 atom stereocenters. The fraction of sp³-hybridized carbons (Fsp3) is 0.0213. The van der Waals surface area contributed by atoms with Gasteiger partial charge < -0.3 is 9.88 Å². The summed E-state index contributed by atoms with van der Waals surface area (Å²) >= 11 is 3.78. The smallest absolute Gasteiger partial charge is 0.198 e. The summed E-state index contributed by atoms with van der Waals surface area (Å²) in [7, 11) is 0.866. The van der Waals surface area contributed by atoms with Crippen molar-refractivity contribution in [2.24, 2.45) is 0 Å². The van der Waals surface area contributed by atoms with E-state index in [1.165, 1.54) is 118 Å². The summed E-state index contributed by atoms with van der Waals surface area (Å²) in [6.07, 6.45) is 0. The van der Waals surface area contributed by atoms with E-state index >= 15 is 0 Å². The van der Waals surface area contributed by atoms with Gasteiger partial charge >= 0.3 is 0 Å². The number of hydrogen-bond donors (Lipinski definition) is 1. The Morgan fingerprint density at radius 3 is 2.02 bits per heavy atom. The van der Waals surface area contributed by atoms with Crippen LogP contribution in [0.5, 0.6) is 0 Å². The molecule has 1 aliphatic rings. The predicted molar refractivity (Wildman–Crippen MR) is 230 cm³/mol. The van der Waals surface area contributed by atoms with E-state index in [1.54, 1.807) is 0 Å². The van der Waals surface area contributed by atoms with Crippen molar-refractivity contribution in [3.8, 4) is 11.1 Å². The van der Waals surface area contributed by atoms with Crippen LogP contribution in [0.25, 0.3) is 84.0 Å². The molecule has 0 radical (unpaired) electrons. The van der Waals surface area contributed by atoms with Crippen LogP contribution in [0.2, 0.25) is 0 Å². The van der Waals surface area contributed by atoms with Crippen molar-refractivity contribution < 1.29 is 0 Å². The molecule has 0 saturated carbocycles. The average molecular weight is 697 g/mol. The van der Waals surface area contributed by atoms with Gasteiger partial charge in [0, 0.05) is 79.3 Å². The zero-order valence-electron chi connectivity index (χ0n) is 28.3. The van der Waals surface area contributed by atoms with E-state index < -0.39 is 0 Å². The third-order valence-electron chi connectivity index (χ3n) is 11.2. The summed E-state index contributed by atoms with van der Waals surface area (Å²) in [4.78, 5) is 6.44. The van der Waals surface area contributed by atoms with Gasteiger partial charge in [-0.1, -0.05) is 90.4 Å². The number of aromatic amines is 1. The van der Waals surface area contributed by atoms with Crippen LogP contribution in [0.15, 0.2) is 146 Å². The lowest BCUT2D eigenvalue weighted by atomic mass is 9.58. The first-order valence-electron chi connectivity index (χ1n) is 17.9. The quantitative estimate of drug-likeness (QED) is 0.178. The second kappa shape index (κ2) is 10.6. The van der Waals surface area contributed by atoms with Gasteiger partial charge in [-0.3, -0.25) is 0 Å². The van der Waals surface area contributed by atoms with E-state index in [0.29, 0.717) is 0 Å². The van der Waals surface area contributed by atoms with E-state index in [0.717, 1.165) is 7.28 Å². The molecule has 8 aromatic carbocycles. The molecule has 0 spiro atoms. The predicted octanol–water partition coefficient (Wildman–Crippen LogP) is 12.4. The summed E-state index contributed by atoms with van der Waals surface area (Å²) in [6, 6.07) is 54.6. The van der Waals surface area contributed by atoms with Crippen LogP contribution in [-0.2, 0) is 0 Å². The topological polar surface area (TPSA) is 19.0 Å². The first-order valence-corrected chi connectivity index (χ1v) is 19.5. The Kier molecular flexibility index (Phi) is 5.86. The number of nitrogens with one attached hydrogen (secondary N) is 1. The number of rotatable bonds is 2. The molecule has 11 aromatic rings. The number of thiophene rings is 2. The number of nitrogens with zero attached hydrogens (tertiary/aromatic N) is 1. The lowest BCUT2D eigenvalue weighted by molar-refractivity contribution is 1.29. The molecule has 12 rings (SSSR count). The van der Waals surface area contributed by atoms with Crippen LogP contribution in [0.4, 0.5) is 17.1 Å². The molecular formula is C47H29BN2S2. The summed E-state index contributed by atoms with van der Waals surface area (Å²) in [5, 5.41) is 10.4. The van der Waals surface area contributed by atoms with Gasteiger partial charge in [0.15, 0.2) is 7.28 Å². The molecule has 1 aliphatic heterocycles. The highest BCUT2D eigenvalue weighted by Crippen LogP contribution is 2.45. The molecule has 0 bridgehead atoms. The molecule has 1 N–H and O–H groups in total. The summed E-state index contributed by atoms with van der Waals surface area (Å²) in [5.41, 5.74) is 12.6. The Balaban J connectivity index is 1.14. The standard InChI is InChI=1S/C47H29BN2S2/c1-26-19-37(33-14-8-13-32-34-21-27-9-2-3-10-28(27)22-39(34)49-47(32)33)46-41(20-26)50(29-17-18-44-35(23-29)30-11-4-6-15-42(30)51-44)40-24-36-31-12-5-7-16-43(31)52-45(36)25-38(40)48-46/h2-25,48-49H,1H3. The summed E-state index contributed by atoms with van der Waals surface area (Å²) in [5.74, 6) is 0. The molecule has 5 heteroatoms. The second-order valence-corrected chi connectivity index (χ2v) is 16.4. The number of hydrogen-bond acceptors (Lipinski definition) is 3. The molecule has 0 saturated heterocycles. The minimum atomic E-state index is 0.866. The average Bonchev–Trinajstić information content (AvgIpc) is 3.85. The van der Waals surface area contributed by atoms with E-state index in [1.807, 2.05) is 22.7 Å². The summed E-state index contributed by atoms with van der Waals surface area (Å²) < 4.78 is 5.34. The number of anilines is 3. The van der Waals surface area contributed by atoms with E-state index in [2.05, 4.69) is 162 Å². The monoisotopic (exact) mass is 696 g/mol. The number of para-hydroxylation sites is 1. The van der Waals surface area contributed by atoms with Crippen LogP contribution in [0, 0.1) is 6.92 Å². The van der Waals surface area contributed by atoms with Gasteiger partial charge in [0.1, 0.15) is 0 Å². The Morgan fingerprint density at radius 2 is 1.19 bits per heavy atom. The van der Waals surface area contributed by atoms with Crippen molar-refractivity contribution >= 4 is 131 Å². The fourth-order valence-electron chi connectivity index (χ4n) is 8.86. The molecule has 242 valence electrons. The van der Waals surface area contributed by atoms with Crippen LogP contribution in [0.1, 0.15) is 5.56 Å². The minimum Gasteiger partial charge on any atom is -0.354 e. The second-order valence-electron chi connectivity index (χ2n) is 14.3. The van der Waals surface area contributed by atoms with Crippen LogP contribution in [-0.4, -0.2) is 12.3 Å². The largest absolute Gasteiger partial charge is 0.354 e. The summed E-state index contributed by atoms with van der Waals surface area (Å²) in [6.45, 7) is 2.25. The number of benzene rings is 8. The number of fused-ring (bicyclic) bond motifs is 12. The third kappa shape index (κ3) is 4.06. The number of H-pyrrole nitrogens is 1. The Hall–Kier alpha value is -5.88. The van der Waals surface area contributed by atoms with Crippen LogP contribution < -0.4 is 15.8 Å². The minimum absolute atomic E-state index is 0.866. The zero-order valence-corrected chi connectivity index (χ0v) is 30.0. The molecule has 0 amide bonds. The Bertz CT molecular complexity index is 3310. The Morgan fingerprint density at radius 1 is 0.500 bits per heavy atom. The maximum Gasteiger partial charge on any atom is 0.198 e. The Labute approximate surface area is 308 Å². The molecule has 52 heavy (non-hydrogen) atoms. The zero-order chi connectivity index (χ0) is 34.1. The van der Waals surface area contributed by atoms with Gasteiger partial charge in [0.2, 0.25) is 0 Å². The van der Waals surface area contributed by atoms with Gasteiger partial charge in [-0.05, 0) is 94.9 Å². The molecule has 2 nitrogen and oxygen atoms in total. The van der Waals surface area contributed by atoms with Gasteiger partial charge in [0.05, 0.1) is 5.52 Å². The van der Waals surface area contributed by atoms with Crippen molar-refractivity contribution in [3.05, 3.63) is 151 Å². The number of aryl methyl sites for hydroxylation is 1. The first-order chi connectivity index (χ1) is 25.6. The third-order valence-corrected chi connectivity index (χ3v) is 13.5. The van der Waals surface area contributed by atoms with Crippen molar-refractivity contribution in [1.29, 1.82) is 0 Å². The van der Waals surface area contributed by atoms with Gasteiger partial charge in [-0.2, -0.15) is 0 Å². The highest BCUT2D eigenvalue weighted by Gasteiger charge is 2.30. The van der Waals surface area contributed by atoms with Gasteiger partial charge in [-0.25, -0.2) is 0 Å². The van der Waals surface area contributed by atoms with Crippen molar-refractivity contribution in [2.45, 2.75) is 6.92 Å². The van der Waals surface area contributed by atoms with Crippen molar-refractivity contribution in [2.75, 3.05) is 4.90 Å². The van der Waals surface area contributed by atoms with Gasteiger partial charge in [-0.15, -0.1) is 22.7 Å². The molecule has 0 unspecified atom stereocenters. The van der Waals surface area contributed by atoms with E-state index in [4.69, 9.17) is 0 Å². The normalized spacial score (nSPS) is 12.8.